The molecule has 0 atom stereocenters. The Morgan fingerprint density at radius 2 is 2.22 bits per heavy atom. The lowest BCUT2D eigenvalue weighted by molar-refractivity contribution is 0.0939. The predicted molar refractivity (Wildman–Crippen MR) is 91.3 cm³/mol. The zero-order valence-corrected chi connectivity index (χ0v) is 14.7. The summed E-state index contributed by atoms with van der Waals surface area (Å²) in [6.45, 7) is 2.51. The van der Waals surface area contributed by atoms with Crippen molar-refractivity contribution in [2.24, 2.45) is 7.05 Å². The molecule has 3 rings (SSSR count). The molecular weight excluding hydrogens is 310 g/mol. The molecule has 0 bridgehead atoms. The van der Waals surface area contributed by atoms with Crippen LogP contribution >= 0.6 is 11.3 Å². The summed E-state index contributed by atoms with van der Waals surface area (Å²) in [4.78, 5) is 14.1. The van der Waals surface area contributed by atoms with Gasteiger partial charge >= 0.3 is 0 Å². The van der Waals surface area contributed by atoms with Crippen molar-refractivity contribution in [3.8, 4) is 5.88 Å². The molecule has 23 heavy (non-hydrogen) atoms. The highest BCUT2D eigenvalue weighted by atomic mass is 32.1. The third kappa shape index (κ3) is 2.87. The molecule has 1 amide bonds. The van der Waals surface area contributed by atoms with E-state index in [1.165, 1.54) is 17.7 Å². The van der Waals surface area contributed by atoms with Gasteiger partial charge in [0.05, 0.1) is 12.8 Å². The highest BCUT2D eigenvalue weighted by Gasteiger charge is 2.37. The van der Waals surface area contributed by atoms with Crippen molar-refractivity contribution in [3.05, 3.63) is 33.6 Å². The molecule has 2 heterocycles. The smallest absolute Gasteiger partial charge is 0.258 e. The van der Waals surface area contributed by atoms with Gasteiger partial charge in [-0.3, -0.25) is 4.79 Å². The van der Waals surface area contributed by atoms with Gasteiger partial charge in [-0.25, -0.2) is 4.68 Å². The van der Waals surface area contributed by atoms with Crippen molar-refractivity contribution >= 4 is 17.2 Å². The van der Waals surface area contributed by atoms with Gasteiger partial charge in [0, 0.05) is 23.9 Å². The Bertz CT molecular complexity index is 685. The van der Waals surface area contributed by atoms with E-state index in [-0.39, 0.29) is 11.3 Å². The quantitative estimate of drug-likeness (QED) is 0.915. The van der Waals surface area contributed by atoms with E-state index in [4.69, 9.17) is 4.74 Å². The second-order valence-corrected chi connectivity index (χ2v) is 7.19. The predicted octanol–water partition coefficient (Wildman–Crippen LogP) is 3.04. The first-order valence-electron chi connectivity index (χ1n) is 7.97. The molecule has 1 aliphatic carbocycles. The van der Waals surface area contributed by atoms with E-state index in [1.807, 2.05) is 6.92 Å². The Morgan fingerprint density at radius 1 is 1.48 bits per heavy atom. The number of ether oxygens (including phenoxy) is 1. The number of aryl methyl sites for hydroxylation is 2. The summed E-state index contributed by atoms with van der Waals surface area (Å²) in [6, 6.07) is 4.29. The van der Waals surface area contributed by atoms with Gasteiger partial charge in [-0.1, -0.05) is 18.9 Å². The number of amides is 1. The van der Waals surface area contributed by atoms with Crippen LogP contribution in [-0.2, 0) is 12.5 Å². The molecule has 0 aliphatic heterocycles. The molecular formula is C17H23N3O2S. The topological polar surface area (TPSA) is 56.1 Å². The fourth-order valence-corrected chi connectivity index (χ4v) is 4.60. The summed E-state index contributed by atoms with van der Waals surface area (Å²) >= 11 is 1.79. The number of carbonyl (C=O) groups excluding carboxylic acids is 1. The third-order valence-corrected chi connectivity index (χ3v) is 5.90. The average Bonchev–Trinajstić information content (AvgIpc) is 3.25. The Balaban J connectivity index is 1.78. The fraction of sp³-hybridized carbons (Fsp3) is 0.529. The fourth-order valence-electron chi connectivity index (χ4n) is 3.61. The number of carbonyl (C=O) groups is 1. The first-order valence-corrected chi connectivity index (χ1v) is 8.85. The molecule has 1 aliphatic rings. The van der Waals surface area contributed by atoms with Crippen LogP contribution in [0.25, 0.3) is 0 Å². The van der Waals surface area contributed by atoms with Gasteiger partial charge in [0.15, 0.2) is 0 Å². The van der Waals surface area contributed by atoms with E-state index in [0.29, 0.717) is 23.7 Å². The maximum absolute atomic E-state index is 12.7. The second-order valence-electron chi connectivity index (χ2n) is 6.24. The molecule has 124 valence electrons. The van der Waals surface area contributed by atoms with Crippen LogP contribution in [0, 0.1) is 6.92 Å². The first-order chi connectivity index (χ1) is 11.1. The van der Waals surface area contributed by atoms with E-state index < -0.39 is 0 Å². The van der Waals surface area contributed by atoms with Crippen LogP contribution in [0.3, 0.4) is 0 Å². The summed E-state index contributed by atoms with van der Waals surface area (Å²) in [5.41, 5.74) is 1.32. The molecule has 1 saturated carbocycles. The minimum Gasteiger partial charge on any atom is -0.481 e. The molecule has 2 aromatic heterocycles. The zero-order valence-electron chi connectivity index (χ0n) is 13.9. The van der Waals surface area contributed by atoms with E-state index >= 15 is 0 Å². The third-order valence-electron chi connectivity index (χ3n) is 4.78. The van der Waals surface area contributed by atoms with Crippen LogP contribution in [0.5, 0.6) is 5.88 Å². The average molecular weight is 333 g/mol. The van der Waals surface area contributed by atoms with E-state index in [2.05, 4.69) is 27.9 Å². The zero-order chi connectivity index (χ0) is 16.4. The lowest BCUT2D eigenvalue weighted by Gasteiger charge is -2.28. The molecule has 0 unspecified atom stereocenters. The van der Waals surface area contributed by atoms with Gasteiger partial charge in [0.25, 0.3) is 5.91 Å². The van der Waals surface area contributed by atoms with Crippen molar-refractivity contribution in [1.29, 1.82) is 0 Å². The molecule has 0 saturated heterocycles. The lowest BCUT2D eigenvalue weighted by Crippen LogP contribution is -2.38. The van der Waals surface area contributed by atoms with Crippen molar-refractivity contribution in [3.63, 3.8) is 0 Å². The Kier molecular flexibility index (Phi) is 4.43. The van der Waals surface area contributed by atoms with Crippen molar-refractivity contribution in [2.75, 3.05) is 13.7 Å². The number of rotatable bonds is 5. The first kappa shape index (κ1) is 16.1. The van der Waals surface area contributed by atoms with Gasteiger partial charge in [-0.15, -0.1) is 11.3 Å². The number of methoxy groups -OCH3 is 1. The van der Waals surface area contributed by atoms with Gasteiger partial charge in [0.2, 0.25) is 5.88 Å². The van der Waals surface area contributed by atoms with Crippen LogP contribution in [0.4, 0.5) is 0 Å². The number of aromatic nitrogens is 2. The highest BCUT2D eigenvalue weighted by molar-refractivity contribution is 7.10. The van der Waals surface area contributed by atoms with Gasteiger partial charge < -0.3 is 10.1 Å². The van der Waals surface area contributed by atoms with Crippen molar-refractivity contribution < 1.29 is 9.53 Å². The summed E-state index contributed by atoms with van der Waals surface area (Å²) < 4.78 is 6.93. The van der Waals surface area contributed by atoms with Crippen LogP contribution in [0.15, 0.2) is 17.5 Å². The molecule has 6 heteroatoms. The minimum atomic E-state index is -0.102. The Hall–Kier alpha value is -1.82. The van der Waals surface area contributed by atoms with Crippen molar-refractivity contribution in [2.45, 2.75) is 38.0 Å². The van der Waals surface area contributed by atoms with Crippen LogP contribution in [0.2, 0.25) is 0 Å². The van der Waals surface area contributed by atoms with E-state index in [9.17, 15) is 4.79 Å². The molecule has 0 radical (unpaired) electrons. The van der Waals surface area contributed by atoms with Crippen molar-refractivity contribution in [1.82, 2.24) is 15.1 Å². The van der Waals surface area contributed by atoms with Gasteiger partial charge in [-0.05, 0) is 31.2 Å². The Morgan fingerprint density at radius 3 is 2.83 bits per heavy atom. The minimum absolute atomic E-state index is 0.0905. The number of hydrogen-bond donors (Lipinski definition) is 1. The monoisotopic (exact) mass is 333 g/mol. The molecule has 1 N–H and O–H groups in total. The standard InChI is InChI=1S/C17H23N3O2S/c1-12-14(16(22-3)20(2)19-12)15(21)18-11-17(8-4-5-9-17)13-7-6-10-23-13/h6-7,10H,4-5,8-9,11H2,1-3H3,(H,18,21). The maximum atomic E-state index is 12.7. The number of thiophene rings is 1. The van der Waals surface area contributed by atoms with Gasteiger partial charge in [0.1, 0.15) is 5.56 Å². The number of hydrogen-bond acceptors (Lipinski definition) is 4. The maximum Gasteiger partial charge on any atom is 0.258 e. The summed E-state index contributed by atoms with van der Waals surface area (Å²) in [5, 5.41) is 9.53. The molecule has 2 aromatic rings. The number of nitrogens with zero attached hydrogens (tertiary/aromatic N) is 2. The van der Waals surface area contributed by atoms with E-state index in [0.717, 1.165) is 12.8 Å². The molecule has 0 aromatic carbocycles. The second kappa shape index (κ2) is 6.35. The SMILES string of the molecule is COc1c(C(=O)NCC2(c3cccs3)CCCC2)c(C)nn1C. The molecule has 0 spiro atoms. The molecule has 1 fully saturated rings. The Labute approximate surface area is 140 Å². The molecule has 5 nitrogen and oxygen atoms in total. The normalized spacial score (nSPS) is 16.5. The summed E-state index contributed by atoms with van der Waals surface area (Å²) in [7, 11) is 3.35. The number of nitrogens with one attached hydrogen (secondary N) is 1. The van der Waals surface area contributed by atoms with Crippen LogP contribution < -0.4 is 10.1 Å². The van der Waals surface area contributed by atoms with E-state index in [1.54, 1.807) is 30.2 Å². The van der Waals surface area contributed by atoms with Crippen LogP contribution in [-0.4, -0.2) is 29.3 Å². The van der Waals surface area contributed by atoms with Gasteiger partial charge in [-0.2, -0.15) is 5.10 Å². The van der Waals surface area contributed by atoms with Crippen LogP contribution in [0.1, 0.15) is 46.6 Å². The lowest BCUT2D eigenvalue weighted by atomic mass is 9.84. The largest absolute Gasteiger partial charge is 0.481 e. The summed E-state index contributed by atoms with van der Waals surface area (Å²) in [5.74, 6) is 0.409. The summed E-state index contributed by atoms with van der Waals surface area (Å²) in [6.07, 6.45) is 4.72. The highest BCUT2D eigenvalue weighted by Crippen LogP contribution is 2.42.